The summed E-state index contributed by atoms with van der Waals surface area (Å²) in [5.74, 6) is 0.988. The molecule has 0 spiro atoms. The van der Waals surface area contributed by atoms with Gasteiger partial charge in [0, 0.05) is 35.2 Å². The molecule has 0 saturated carbocycles. The average molecular weight is 490 g/mol. The number of ether oxygens (including phenoxy) is 3. The van der Waals surface area contributed by atoms with Crippen LogP contribution in [-0.4, -0.2) is 44.4 Å². The number of fused-ring (bicyclic) bond motifs is 1. The number of thiophene rings is 1. The highest BCUT2D eigenvalue weighted by molar-refractivity contribution is 7.21. The van der Waals surface area contributed by atoms with Gasteiger partial charge >= 0.3 is 0 Å². The number of nitrogens with one attached hydrogen (secondary N) is 1. The summed E-state index contributed by atoms with van der Waals surface area (Å²) in [7, 11) is 3.22. The summed E-state index contributed by atoms with van der Waals surface area (Å²) in [5.41, 5.74) is 10.4. The van der Waals surface area contributed by atoms with Gasteiger partial charge in [-0.05, 0) is 25.0 Å². The molecule has 2 aromatic heterocycles. The van der Waals surface area contributed by atoms with Gasteiger partial charge in [0.05, 0.1) is 31.7 Å². The Morgan fingerprint density at radius 1 is 1.14 bits per heavy atom. The lowest BCUT2D eigenvalue weighted by molar-refractivity contribution is 0.0862. The molecule has 7 nitrogen and oxygen atoms in total. The van der Waals surface area contributed by atoms with Crippen LogP contribution in [0.5, 0.6) is 11.5 Å². The summed E-state index contributed by atoms with van der Waals surface area (Å²) >= 11 is 1.29. The van der Waals surface area contributed by atoms with E-state index in [1.54, 1.807) is 14.2 Å². The zero-order chi connectivity index (χ0) is 24.4. The summed E-state index contributed by atoms with van der Waals surface area (Å²) in [6.45, 7) is 1.20. The van der Waals surface area contributed by atoms with Crippen molar-refractivity contribution in [2.24, 2.45) is 0 Å². The topological polar surface area (TPSA) is 95.7 Å². The van der Waals surface area contributed by atoms with E-state index in [0.29, 0.717) is 33.4 Å². The molecule has 1 amide bonds. The van der Waals surface area contributed by atoms with Crippen molar-refractivity contribution in [3.05, 3.63) is 59.5 Å². The van der Waals surface area contributed by atoms with Gasteiger partial charge in [-0.15, -0.1) is 11.3 Å². The van der Waals surface area contributed by atoms with Crippen LogP contribution in [0.4, 0.5) is 5.69 Å². The fraction of sp³-hybridized carbons (Fsp3) is 0.259. The maximum absolute atomic E-state index is 13.1. The Hall–Kier alpha value is -3.62. The van der Waals surface area contributed by atoms with Gasteiger partial charge < -0.3 is 25.3 Å². The van der Waals surface area contributed by atoms with Crippen molar-refractivity contribution in [2.75, 3.05) is 33.1 Å². The minimum atomic E-state index is -0.217. The SMILES string of the molecule is COc1cccc(-c2cc(-c3ccccc3)nc3sc(C(=O)NCC4CCCO4)c(N)c23)c1OC. The number of nitrogen functional groups attached to an aromatic ring is 1. The smallest absolute Gasteiger partial charge is 0.263 e. The molecule has 1 unspecified atom stereocenters. The summed E-state index contributed by atoms with van der Waals surface area (Å²) in [5, 5.41) is 3.71. The molecule has 0 bridgehead atoms. The number of carbonyl (C=O) groups is 1. The lowest BCUT2D eigenvalue weighted by atomic mass is 9.98. The Bertz CT molecular complexity index is 1360. The molecule has 1 aliphatic heterocycles. The fourth-order valence-electron chi connectivity index (χ4n) is 4.45. The van der Waals surface area contributed by atoms with Gasteiger partial charge in [-0.1, -0.05) is 42.5 Å². The average Bonchev–Trinajstić information content (AvgIpc) is 3.54. The van der Waals surface area contributed by atoms with Crippen LogP contribution in [0.25, 0.3) is 32.6 Å². The molecule has 3 heterocycles. The fourth-order valence-corrected chi connectivity index (χ4v) is 5.49. The zero-order valence-corrected chi connectivity index (χ0v) is 20.5. The van der Waals surface area contributed by atoms with Crippen LogP contribution in [-0.2, 0) is 4.74 Å². The Labute approximate surface area is 207 Å². The van der Waals surface area contributed by atoms with E-state index >= 15 is 0 Å². The van der Waals surface area contributed by atoms with E-state index in [1.807, 2.05) is 54.6 Å². The number of hydrogen-bond acceptors (Lipinski definition) is 7. The van der Waals surface area contributed by atoms with E-state index < -0.39 is 0 Å². The van der Waals surface area contributed by atoms with E-state index in [1.165, 1.54) is 11.3 Å². The van der Waals surface area contributed by atoms with Crippen molar-refractivity contribution in [1.29, 1.82) is 0 Å². The van der Waals surface area contributed by atoms with Crippen molar-refractivity contribution >= 4 is 33.1 Å². The highest BCUT2D eigenvalue weighted by Gasteiger charge is 2.25. The van der Waals surface area contributed by atoms with E-state index in [9.17, 15) is 4.79 Å². The number of carbonyl (C=O) groups excluding carboxylic acids is 1. The Kier molecular flexibility index (Phi) is 6.57. The first-order valence-electron chi connectivity index (χ1n) is 11.5. The second-order valence-electron chi connectivity index (χ2n) is 8.33. The number of para-hydroxylation sites is 1. The third-order valence-electron chi connectivity index (χ3n) is 6.18. The molecule has 1 aliphatic rings. The van der Waals surface area contributed by atoms with Gasteiger partial charge in [-0.2, -0.15) is 0 Å². The number of hydrogen-bond donors (Lipinski definition) is 2. The Morgan fingerprint density at radius 2 is 1.97 bits per heavy atom. The molecule has 0 radical (unpaired) electrons. The van der Waals surface area contributed by atoms with Gasteiger partial charge in [-0.25, -0.2) is 4.98 Å². The number of pyridine rings is 1. The van der Waals surface area contributed by atoms with Crippen molar-refractivity contribution < 1.29 is 19.0 Å². The van der Waals surface area contributed by atoms with E-state index in [-0.39, 0.29) is 12.0 Å². The van der Waals surface area contributed by atoms with Crippen molar-refractivity contribution in [2.45, 2.75) is 18.9 Å². The second-order valence-corrected chi connectivity index (χ2v) is 9.33. The number of nitrogens with zero attached hydrogens (tertiary/aromatic N) is 1. The lowest BCUT2D eigenvalue weighted by Crippen LogP contribution is -2.31. The number of amides is 1. The predicted octanol–water partition coefficient (Wildman–Crippen LogP) is 5.14. The first-order chi connectivity index (χ1) is 17.1. The third kappa shape index (κ3) is 4.42. The zero-order valence-electron chi connectivity index (χ0n) is 19.7. The van der Waals surface area contributed by atoms with Gasteiger partial charge in [0.1, 0.15) is 9.71 Å². The second kappa shape index (κ2) is 9.93. The Morgan fingerprint density at radius 3 is 2.69 bits per heavy atom. The standard InChI is InChI=1S/C27H27N3O4S/c1-32-21-12-6-11-18(24(21)33-2)19-14-20(16-8-4-3-5-9-16)30-27-22(19)23(28)25(35-27)26(31)29-15-17-10-7-13-34-17/h3-6,8-9,11-12,14,17H,7,10,13,15,28H2,1-2H3,(H,29,31). The number of rotatable bonds is 7. The molecule has 1 saturated heterocycles. The van der Waals surface area contributed by atoms with Crippen molar-refractivity contribution in [3.8, 4) is 33.9 Å². The predicted molar refractivity (Wildman–Crippen MR) is 139 cm³/mol. The van der Waals surface area contributed by atoms with Crippen LogP contribution < -0.4 is 20.5 Å². The normalized spacial score (nSPS) is 15.3. The molecule has 4 aromatic rings. The molecule has 180 valence electrons. The quantitative estimate of drug-likeness (QED) is 0.373. The molecule has 5 rings (SSSR count). The van der Waals surface area contributed by atoms with Crippen LogP contribution in [0, 0.1) is 0 Å². The monoisotopic (exact) mass is 489 g/mol. The molecule has 35 heavy (non-hydrogen) atoms. The Balaban J connectivity index is 1.66. The number of nitrogens with two attached hydrogens (primary N) is 1. The van der Waals surface area contributed by atoms with Crippen molar-refractivity contribution in [3.63, 3.8) is 0 Å². The van der Waals surface area contributed by atoms with E-state index in [4.69, 9.17) is 24.9 Å². The maximum atomic E-state index is 13.1. The van der Waals surface area contributed by atoms with E-state index in [2.05, 4.69) is 5.32 Å². The molecular formula is C27H27N3O4S. The minimum absolute atomic E-state index is 0.0500. The highest BCUT2D eigenvalue weighted by Crippen LogP contribution is 2.46. The van der Waals surface area contributed by atoms with Gasteiger partial charge in [0.15, 0.2) is 11.5 Å². The largest absolute Gasteiger partial charge is 0.493 e. The summed E-state index contributed by atoms with van der Waals surface area (Å²) < 4.78 is 16.9. The van der Waals surface area contributed by atoms with Crippen LogP contribution in [0.2, 0.25) is 0 Å². The third-order valence-corrected chi connectivity index (χ3v) is 7.28. The van der Waals surface area contributed by atoms with Crippen LogP contribution in [0.15, 0.2) is 54.6 Å². The molecular weight excluding hydrogens is 462 g/mol. The number of anilines is 1. The molecule has 1 atom stereocenters. The first kappa shape index (κ1) is 23.1. The first-order valence-corrected chi connectivity index (χ1v) is 12.3. The van der Waals surface area contributed by atoms with Gasteiger partial charge in [0.25, 0.3) is 5.91 Å². The van der Waals surface area contributed by atoms with Crippen LogP contribution in [0.3, 0.4) is 0 Å². The number of benzene rings is 2. The van der Waals surface area contributed by atoms with Gasteiger partial charge in [0.2, 0.25) is 0 Å². The number of aromatic nitrogens is 1. The minimum Gasteiger partial charge on any atom is -0.493 e. The molecule has 1 fully saturated rings. The molecule has 8 heteroatoms. The maximum Gasteiger partial charge on any atom is 0.263 e. The van der Waals surface area contributed by atoms with Crippen LogP contribution >= 0.6 is 11.3 Å². The number of methoxy groups -OCH3 is 2. The summed E-state index contributed by atoms with van der Waals surface area (Å²) in [6.07, 6.45) is 2.02. The lowest BCUT2D eigenvalue weighted by Gasteiger charge is -2.15. The highest BCUT2D eigenvalue weighted by atomic mass is 32.1. The van der Waals surface area contributed by atoms with Crippen molar-refractivity contribution in [1.82, 2.24) is 10.3 Å². The van der Waals surface area contributed by atoms with Crippen LogP contribution in [0.1, 0.15) is 22.5 Å². The molecule has 0 aliphatic carbocycles. The summed E-state index contributed by atoms with van der Waals surface area (Å²) in [6, 6.07) is 17.6. The molecule has 2 aromatic carbocycles. The summed E-state index contributed by atoms with van der Waals surface area (Å²) in [4.78, 5) is 19.1. The van der Waals surface area contributed by atoms with E-state index in [0.717, 1.165) is 47.2 Å². The van der Waals surface area contributed by atoms with Gasteiger partial charge in [-0.3, -0.25) is 4.79 Å². The molecule has 3 N–H and O–H groups in total.